The van der Waals surface area contributed by atoms with Gasteiger partial charge < -0.3 is 6.13 Å². The van der Waals surface area contributed by atoms with Crippen molar-refractivity contribution in [1.29, 1.82) is 0 Å². The van der Waals surface area contributed by atoms with E-state index < -0.39 is 0 Å². The molecule has 0 spiro atoms. The maximum Gasteiger partial charge on any atom is 0.192 e. The van der Waals surface area contributed by atoms with Crippen LogP contribution in [0, 0.1) is 0 Å². The van der Waals surface area contributed by atoms with Gasteiger partial charge in [0.05, 0.1) is 0 Å². The molecular formula is C12H8I2O2. The predicted octanol–water partition coefficient (Wildman–Crippen LogP) is 4.81. The summed E-state index contributed by atoms with van der Waals surface area (Å²) in [4.78, 5) is 0. The molecule has 2 aromatic rings. The summed E-state index contributed by atoms with van der Waals surface area (Å²) in [6.45, 7) is 0. The van der Waals surface area contributed by atoms with Gasteiger partial charge in [-0.1, -0.05) is 24.3 Å². The number of rotatable bonds is 3. The van der Waals surface area contributed by atoms with E-state index in [2.05, 4.69) is 0 Å². The minimum Gasteiger partial charge on any atom is -0.428 e. The number of hydrogen-bond donors (Lipinski definition) is 0. The fourth-order valence-corrected chi connectivity index (χ4v) is 1.98. The maximum atomic E-state index is 5.09. The Morgan fingerprint density at radius 2 is 0.875 bits per heavy atom. The lowest BCUT2D eigenvalue weighted by Gasteiger charge is -2.03. The Balaban J connectivity index is 2.28. The molecule has 4 heteroatoms. The van der Waals surface area contributed by atoms with E-state index in [1.807, 2.05) is 94.5 Å². The number of benzene rings is 2. The molecule has 0 aliphatic heterocycles. The molecule has 0 amide bonds. The molecular weight excluding hydrogens is 430 g/mol. The molecule has 0 saturated heterocycles. The molecule has 82 valence electrons. The fraction of sp³-hybridized carbons (Fsp3) is 0. The molecule has 16 heavy (non-hydrogen) atoms. The van der Waals surface area contributed by atoms with E-state index in [4.69, 9.17) is 6.13 Å². The minimum atomic E-state index is 0.858. The summed E-state index contributed by atoms with van der Waals surface area (Å²) >= 11 is 3.74. The number of halogens is 2. The first kappa shape index (κ1) is 12.0. The van der Waals surface area contributed by atoms with Gasteiger partial charge >= 0.3 is 0 Å². The molecule has 0 saturated carbocycles. The van der Waals surface area contributed by atoms with Crippen molar-refractivity contribution >= 4 is 46.0 Å². The Bertz CT molecular complexity index is 406. The van der Waals surface area contributed by atoms with Gasteiger partial charge in [-0.3, -0.25) is 0 Å². The Kier molecular flexibility index (Phi) is 4.28. The van der Waals surface area contributed by atoms with Crippen molar-refractivity contribution in [3.05, 3.63) is 48.5 Å². The minimum absolute atomic E-state index is 0.858. The molecule has 0 atom stereocenters. The van der Waals surface area contributed by atoms with Crippen LogP contribution in [0.1, 0.15) is 0 Å². The molecule has 0 N–H and O–H groups in total. The van der Waals surface area contributed by atoms with Crippen LogP contribution < -0.4 is 6.13 Å². The van der Waals surface area contributed by atoms with Crippen LogP contribution in [0.5, 0.6) is 11.5 Å². The summed E-state index contributed by atoms with van der Waals surface area (Å²) in [7, 11) is 0. The average Bonchev–Trinajstić information content (AvgIpc) is 2.39. The maximum absolute atomic E-state index is 5.09. The molecule has 2 aromatic carbocycles. The second-order valence-electron chi connectivity index (χ2n) is 3.20. The van der Waals surface area contributed by atoms with Crippen LogP contribution in [0.3, 0.4) is 0 Å². The molecule has 0 heterocycles. The lowest BCUT2D eigenvalue weighted by molar-refractivity contribution is 0.716. The molecule has 0 radical (unpaired) electrons. The normalized spacial score (nSPS) is 9.88. The monoisotopic (exact) mass is 438 g/mol. The highest BCUT2D eigenvalue weighted by Gasteiger charge is 1.99. The van der Waals surface area contributed by atoms with Crippen LogP contribution >= 0.6 is 46.0 Å². The third-order valence-electron chi connectivity index (χ3n) is 2.22. The zero-order chi connectivity index (χ0) is 11.4. The summed E-state index contributed by atoms with van der Waals surface area (Å²) < 4.78 is 10.2. The van der Waals surface area contributed by atoms with E-state index in [9.17, 15) is 0 Å². The average molecular weight is 438 g/mol. The summed E-state index contributed by atoms with van der Waals surface area (Å²) in [5, 5.41) is 0. The van der Waals surface area contributed by atoms with Crippen molar-refractivity contribution in [1.82, 2.24) is 0 Å². The molecule has 2 rings (SSSR count). The molecule has 0 aromatic heterocycles. The Labute approximate surface area is 122 Å². The van der Waals surface area contributed by atoms with Crippen molar-refractivity contribution in [2.24, 2.45) is 0 Å². The first-order chi connectivity index (χ1) is 7.83. The highest BCUT2D eigenvalue weighted by Crippen LogP contribution is 2.25. The van der Waals surface area contributed by atoms with E-state index >= 15 is 0 Å². The largest absolute Gasteiger partial charge is 0.428 e. The third kappa shape index (κ3) is 2.79. The lowest BCUT2D eigenvalue weighted by Crippen LogP contribution is -1.79. The van der Waals surface area contributed by atoms with Crippen molar-refractivity contribution in [2.45, 2.75) is 0 Å². The summed E-state index contributed by atoms with van der Waals surface area (Å²) in [6.07, 6.45) is 0. The molecule has 0 unspecified atom stereocenters. The second-order valence-corrected chi connectivity index (χ2v) is 4.08. The van der Waals surface area contributed by atoms with Crippen molar-refractivity contribution < 1.29 is 6.13 Å². The molecule has 0 fully saturated rings. The van der Waals surface area contributed by atoms with E-state index in [1.165, 1.54) is 0 Å². The third-order valence-corrected chi connectivity index (χ3v) is 3.24. The summed E-state index contributed by atoms with van der Waals surface area (Å²) in [6, 6.07) is 15.9. The molecule has 0 aliphatic rings. The lowest BCUT2D eigenvalue weighted by atomic mass is 10.1. The topological polar surface area (TPSA) is 18.5 Å². The molecule has 0 aliphatic carbocycles. The van der Waals surface area contributed by atoms with Gasteiger partial charge in [-0.15, -0.1) is 0 Å². The first-order valence-electron chi connectivity index (χ1n) is 4.61. The van der Waals surface area contributed by atoms with E-state index in [1.54, 1.807) is 0 Å². The van der Waals surface area contributed by atoms with Gasteiger partial charge in [-0.2, -0.15) is 0 Å². The summed E-state index contributed by atoms with van der Waals surface area (Å²) in [5.41, 5.74) is 2.33. The Hall–Kier alpha value is -0.500. The van der Waals surface area contributed by atoms with Crippen LogP contribution in [-0.2, 0) is 0 Å². The van der Waals surface area contributed by atoms with Crippen LogP contribution in [0.25, 0.3) is 11.1 Å². The van der Waals surface area contributed by atoms with Crippen molar-refractivity contribution in [3.63, 3.8) is 0 Å². The van der Waals surface area contributed by atoms with Crippen molar-refractivity contribution in [3.8, 4) is 22.6 Å². The van der Waals surface area contributed by atoms with Crippen LogP contribution in [0.2, 0.25) is 0 Å². The molecule has 0 bridgehead atoms. The van der Waals surface area contributed by atoms with Gasteiger partial charge in [0, 0.05) is 0 Å². The van der Waals surface area contributed by atoms with Crippen molar-refractivity contribution in [2.75, 3.05) is 0 Å². The summed E-state index contributed by atoms with van der Waals surface area (Å²) in [5.74, 6) is 1.72. The van der Waals surface area contributed by atoms with Crippen LogP contribution in [-0.4, -0.2) is 0 Å². The zero-order valence-electron chi connectivity index (χ0n) is 8.19. The first-order valence-corrected chi connectivity index (χ1v) is 6.37. The van der Waals surface area contributed by atoms with Gasteiger partial charge in [0.15, 0.2) is 46.0 Å². The second kappa shape index (κ2) is 5.72. The van der Waals surface area contributed by atoms with E-state index in [0.717, 1.165) is 22.6 Å². The quantitative estimate of drug-likeness (QED) is 0.641. The van der Waals surface area contributed by atoms with Gasteiger partial charge in [-0.05, 0) is 35.4 Å². The highest BCUT2D eigenvalue weighted by molar-refractivity contribution is 14.1. The number of hydrogen-bond acceptors (Lipinski definition) is 2. The smallest absolute Gasteiger partial charge is 0.192 e. The Morgan fingerprint density at radius 1 is 0.562 bits per heavy atom. The zero-order valence-corrected chi connectivity index (χ0v) is 12.5. The standard InChI is InChI=1S/C12H8I2O2/c13-15-11-5-1-9(2-6-11)10-3-7-12(16-14)8-4-10/h1-8H. The van der Waals surface area contributed by atoms with E-state index in [-0.39, 0.29) is 0 Å². The fourth-order valence-electron chi connectivity index (χ4n) is 1.40. The van der Waals surface area contributed by atoms with Crippen LogP contribution in [0.15, 0.2) is 48.5 Å². The highest BCUT2D eigenvalue weighted by atomic mass is 127. The van der Waals surface area contributed by atoms with E-state index in [0.29, 0.717) is 0 Å². The van der Waals surface area contributed by atoms with Gasteiger partial charge in [-0.25, -0.2) is 0 Å². The SMILES string of the molecule is IOc1ccc(-c2ccc(OI)cc2)cc1. The predicted molar refractivity (Wildman–Crippen MR) is 81.2 cm³/mol. The van der Waals surface area contributed by atoms with Gasteiger partial charge in [0.1, 0.15) is 11.5 Å². The Morgan fingerprint density at radius 3 is 1.12 bits per heavy atom. The molecule has 2 nitrogen and oxygen atoms in total. The van der Waals surface area contributed by atoms with Gasteiger partial charge in [0.2, 0.25) is 0 Å². The van der Waals surface area contributed by atoms with Crippen LogP contribution in [0.4, 0.5) is 0 Å². The van der Waals surface area contributed by atoms with Gasteiger partial charge in [0.25, 0.3) is 0 Å².